The van der Waals surface area contributed by atoms with Gasteiger partial charge >= 0.3 is 0 Å². The van der Waals surface area contributed by atoms with Gasteiger partial charge in [0.25, 0.3) is 0 Å². The van der Waals surface area contributed by atoms with Crippen LogP contribution in [-0.2, 0) is 5.41 Å². The number of fused-ring (bicyclic) bond motifs is 9. The molecule has 65 heavy (non-hydrogen) atoms. The zero-order valence-electron chi connectivity index (χ0n) is 35.5. The first-order valence-corrected chi connectivity index (χ1v) is 22.4. The minimum Gasteiger partial charge on any atom is -0.456 e. The lowest BCUT2D eigenvalue weighted by molar-refractivity contribution is 0.669. The molecule has 0 aliphatic heterocycles. The molecule has 0 spiro atoms. The third kappa shape index (κ3) is 5.74. The quantitative estimate of drug-likeness (QED) is 0.149. The summed E-state index contributed by atoms with van der Waals surface area (Å²) in [4.78, 5) is 2.49. The van der Waals surface area contributed by atoms with Gasteiger partial charge in [-0.1, -0.05) is 200 Å². The van der Waals surface area contributed by atoms with E-state index in [4.69, 9.17) is 4.42 Å². The molecule has 13 rings (SSSR count). The van der Waals surface area contributed by atoms with E-state index in [-0.39, 0.29) is 0 Å². The highest BCUT2D eigenvalue weighted by Crippen LogP contribution is 2.58. The standard InChI is InChI=1S/C63H41NO/c1-4-18-42(19-5-1)50-35-32-44(56-38-43-20-10-11-25-49(43)51-26-12-13-27-52(51)56)39-60(50)64(47-34-37-62-57(40-47)55-29-15-17-31-61(55)65-62)48-33-36-54-53-28-14-16-30-58(53)63(59(54)41-48,45-21-6-2-7-22-45)46-23-8-3-9-24-46/h1-41H. The summed E-state index contributed by atoms with van der Waals surface area (Å²) < 4.78 is 6.45. The molecule has 304 valence electrons. The van der Waals surface area contributed by atoms with Crippen molar-refractivity contribution in [1.82, 2.24) is 0 Å². The van der Waals surface area contributed by atoms with E-state index < -0.39 is 5.41 Å². The Bertz CT molecular complexity index is 3730. The van der Waals surface area contributed by atoms with E-state index in [2.05, 4.69) is 248 Å². The van der Waals surface area contributed by atoms with Crippen LogP contribution in [-0.4, -0.2) is 0 Å². The van der Waals surface area contributed by atoms with E-state index in [1.165, 1.54) is 60.5 Å². The first-order chi connectivity index (χ1) is 32.2. The first-order valence-electron chi connectivity index (χ1n) is 22.4. The normalized spacial score (nSPS) is 12.7. The number of benzene rings is 11. The Hall–Kier alpha value is -8.46. The van der Waals surface area contributed by atoms with Gasteiger partial charge in [0.15, 0.2) is 0 Å². The maximum atomic E-state index is 6.45. The van der Waals surface area contributed by atoms with Crippen LogP contribution in [0.3, 0.4) is 0 Å². The number of rotatable bonds is 7. The topological polar surface area (TPSA) is 16.4 Å². The average Bonchev–Trinajstić information content (AvgIpc) is 3.90. The van der Waals surface area contributed by atoms with Gasteiger partial charge in [0.2, 0.25) is 0 Å². The zero-order valence-corrected chi connectivity index (χ0v) is 35.5. The van der Waals surface area contributed by atoms with Crippen molar-refractivity contribution in [3.05, 3.63) is 271 Å². The summed E-state index contributed by atoms with van der Waals surface area (Å²) in [6.45, 7) is 0. The highest BCUT2D eigenvalue weighted by atomic mass is 16.3. The van der Waals surface area contributed by atoms with Crippen LogP contribution in [0.5, 0.6) is 0 Å². The molecular formula is C63H41NO. The fourth-order valence-electron chi connectivity index (χ4n) is 10.9. The highest BCUT2D eigenvalue weighted by molar-refractivity contribution is 6.14. The van der Waals surface area contributed by atoms with Gasteiger partial charge in [0.05, 0.1) is 11.1 Å². The minimum absolute atomic E-state index is 0.561. The number of nitrogens with zero attached hydrogens (tertiary/aromatic N) is 1. The van der Waals surface area contributed by atoms with Gasteiger partial charge in [0.1, 0.15) is 11.2 Å². The van der Waals surface area contributed by atoms with E-state index in [0.717, 1.165) is 55.7 Å². The molecule has 0 fully saturated rings. The summed E-state index contributed by atoms with van der Waals surface area (Å²) in [6.07, 6.45) is 0. The summed E-state index contributed by atoms with van der Waals surface area (Å²) in [7, 11) is 0. The van der Waals surface area contributed by atoms with Crippen LogP contribution in [0.4, 0.5) is 17.1 Å². The molecule has 1 aliphatic carbocycles. The van der Waals surface area contributed by atoms with E-state index in [9.17, 15) is 0 Å². The molecule has 2 heteroatoms. The van der Waals surface area contributed by atoms with Gasteiger partial charge in [-0.2, -0.15) is 0 Å². The molecule has 0 unspecified atom stereocenters. The molecule has 0 bridgehead atoms. The Balaban J connectivity index is 1.13. The molecule has 0 saturated heterocycles. The number of furan rings is 1. The minimum atomic E-state index is -0.561. The smallest absolute Gasteiger partial charge is 0.135 e. The second-order valence-electron chi connectivity index (χ2n) is 17.2. The maximum absolute atomic E-state index is 6.45. The fraction of sp³-hybridized carbons (Fsp3) is 0.0159. The molecule has 1 aromatic heterocycles. The predicted molar refractivity (Wildman–Crippen MR) is 272 cm³/mol. The Morgan fingerprint density at radius 2 is 0.877 bits per heavy atom. The SMILES string of the molecule is c1ccc(-c2ccc(-c3cc4ccccc4c4ccccc34)cc2N(c2ccc3c(c2)C(c2ccccc2)(c2ccccc2)c2ccccc2-3)c2ccc3oc4ccccc4c3c2)cc1. The van der Waals surface area contributed by atoms with Crippen LogP contribution in [0.1, 0.15) is 22.3 Å². The Morgan fingerprint density at radius 3 is 1.66 bits per heavy atom. The van der Waals surface area contributed by atoms with Crippen molar-refractivity contribution >= 4 is 60.5 Å². The predicted octanol–water partition coefficient (Wildman–Crippen LogP) is 17.1. The van der Waals surface area contributed by atoms with Crippen molar-refractivity contribution in [2.24, 2.45) is 0 Å². The monoisotopic (exact) mass is 827 g/mol. The summed E-state index contributed by atoms with van der Waals surface area (Å²) in [6, 6.07) is 91.1. The lowest BCUT2D eigenvalue weighted by atomic mass is 9.67. The third-order valence-corrected chi connectivity index (χ3v) is 13.7. The van der Waals surface area contributed by atoms with Crippen molar-refractivity contribution in [1.29, 1.82) is 0 Å². The van der Waals surface area contributed by atoms with Gasteiger partial charge in [-0.15, -0.1) is 0 Å². The number of hydrogen-bond donors (Lipinski definition) is 0. The van der Waals surface area contributed by atoms with Crippen molar-refractivity contribution < 1.29 is 4.42 Å². The Kier molecular flexibility index (Phi) is 8.47. The molecule has 1 aliphatic rings. The van der Waals surface area contributed by atoms with Crippen molar-refractivity contribution in [3.63, 3.8) is 0 Å². The van der Waals surface area contributed by atoms with Crippen molar-refractivity contribution in [3.8, 4) is 33.4 Å². The number of para-hydroxylation sites is 1. The van der Waals surface area contributed by atoms with Crippen LogP contribution in [0.2, 0.25) is 0 Å². The summed E-state index contributed by atoms with van der Waals surface area (Å²) in [5.41, 5.74) is 16.5. The zero-order chi connectivity index (χ0) is 42.9. The van der Waals surface area contributed by atoms with Gasteiger partial charge in [-0.05, 0) is 120 Å². The van der Waals surface area contributed by atoms with Gasteiger partial charge in [0, 0.05) is 27.7 Å². The summed E-state index contributed by atoms with van der Waals surface area (Å²) in [5, 5.41) is 7.14. The lowest BCUT2D eigenvalue weighted by Gasteiger charge is -2.35. The van der Waals surface area contributed by atoms with E-state index in [1.807, 2.05) is 6.07 Å². The Morgan fingerprint density at radius 1 is 0.308 bits per heavy atom. The first kappa shape index (κ1) is 37.1. The largest absolute Gasteiger partial charge is 0.456 e. The molecule has 11 aromatic carbocycles. The molecule has 12 aromatic rings. The summed E-state index contributed by atoms with van der Waals surface area (Å²) >= 11 is 0. The molecule has 0 atom stereocenters. The van der Waals surface area contributed by atoms with Crippen LogP contribution >= 0.6 is 0 Å². The molecule has 1 heterocycles. The van der Waals surface area contributed by atoms with Crippen LogP contribution in [0.15, 0.2) is 253 Å². The van der Waals surface area contributed by atoms with E-state index >= 15 is 0 Å². The third-order valence-electron chi connectivity index (χ3n) is 13.7. The van der Waals surface area contributed by atoms with Crippen molar-refractivity contribution in [2.45, 2.75) is 5.41 Å². The average molecular weight is 828 g/mol. The van der Waals surface area contributed by atoms with Crippen LogP contribution in [0.25, 0.3) is 76.9 Å². The van der Waals surface area contributed by atoms with Gasteiger partial charge in [-0.3, -0.25) is 0 Å². The molecule has 0 radical (unpaired) electrons. The maximum Gasteiger partial charge on any atom is 0.135 e. The molecule has 0 N–H and O–H groups in total. The Labute approximate surface area is 377 Å². The fourth-order valence-corrected chi connectivity index (χ4v) is 10.9. The molecule has 0 amide bonds. The van der Waals surface area contributed by atoms with E-state index in [1.54, 1.807) is 0 Å². The van der Waals surface area contributed by atoms with Crippen LogP contribution in [0, 0.1) is 0 Å². The molecule has 0 saturated carbocycles. The highest BCUT2D eigenvalue weighted by Gasteiger charge is 2.46. The van der Waals surface area contributed by atoms with Gasteiger partial charge < -0.3 is 9.32 Å². The molecule has 2 nitrogen and oxygen atoms in total. The second-order valence-corrected chi connectivity index (χ2v) is 17.2. The lowest BCUT2D eigenvalue weighted by Crippen LogP contribution is -2.28. The number of anilines is 3. The molecular weight excluding hydrogens is 787 g/mol. The van der Waals surface area contributed by atoms with Crippen LogP contribution < -0.4 is 4.90 Å². The second kappa shape index (κ2) is 14.8. The van der Waals surface area contributed by atoms with E-state index in [0.29, 0.717) is 0 Å². The van der Waals surface area contributed by atoms with Gasteiger partial charge in [-0.25, -0.2) is 0 Å². The summed E-state index contributed by atoms with van der Waals surface area (Å²) in [5.74, 6) is 0. The van der Waals surface area contributed by atoms with Crippen molar-refractivity contribution in [2.75, 3.05) is 4.90 Å². The number of hydrogen-bond acceptors (Lipinski definition) is 2.